The largest absolute Gasteiger partial charge is 0.484 e. The number of carbonyl (C=O) groups is 1. The van der Waals surface area contributed by atoms with Crippen molar-refractivity contribution in [1.82, 2.24) is 5.32 Å². The molecule has 0 saturated carbocycles. The second-order valence-electron chi connectivity index (χ2n) is 4.85. The molecule has 1 amide bonds. The first-order valence-corrected chi connectivity index (χ1v) is 7.14. The lowest BCUT2D eigenvalue weighted by Gasteiger charge is -2.10. The average molecular weight is 362 g/mol. The third-order valence-electron chi connectivity index (χ3n) is 2.95. The number of halogens is 5. The van der Waals surface area contributed by atoms with Crippen LogP contribution < -0.4 is 10.1 Å². The number of hydrogen-bond acceptors (Lipinski definition) is 2. The number of nitrogens with one attached hydrogen (secondary N) is 1. The van der Waals surface area contributed by atoms with E-state index < -0.39 is 24.5 Å². The first-order valence-electron chi connectivity index (χ1n) is 6.76. The van der Waals surface area contributed by atoms with Gasteiger partial charge in [0.15, 0.2) is 6.61 Å². The number of ether oxygens (including phenoxy) is 1. The van der Waals surface area contributed by atoms with Crippen molar-refractivity contribution in [1.29, 1.82) is 0 Å². The molecule has 1 N–H and O–H groups in total. The predicted octanol–water partition coefficient (Wildman–Crippen LogP) is 4.35. The molecule has 8 heteroatoms. The summed E-state index contributed by atoms with van der Waals surface area (Å²) in [5, 5.41) is 2.57. The third-order valence-corrected chi connectivity index (χ3v) is 3.27. The molecule has 0 aliphatic heterocycles. The van der Waals surface area contributed by atoms with Crippen LogP contribution in [0.2, 0.25) is 5.02 Å². The first-order chi connectivity index (χ1) is 11.2. The molecule has 0 fully saturated rings. The molecule has 0 radical (unpaired) electrons. The van der Waals surface area contributed by atoms with Crippen LogP contribution in [0, 0.1) is 5.82 Å². The minimum Gasteiger partial charge on any atom is -0.484 e. The zero-order valence-corrected chi connectivity index (χ0v) is 12.9. The highest BCUT2D eigenvalue weighted by atomic mass is 35.5. The van der Waals surface area contributed by atoms with Crippen molar-refractivity contribution >= 4 is 17.5 Å². The Morgan fingerprint density at radius 1 is 1.12 bits per heavy atom. The molecule has 0 aliphatic rings. The summed E-state index contributed by atoms with van der Waals surface area (Å²) in [6.07, 6.45) is -4.40. The summed E-state index contributed by atoms with van der Waals surface area (Å²) in [6.45, 7) is -1.24. The predicted molar refractivity (Wildman–Crippen MR) is 80.6 cm³/mol. The van der Waals surface area contributed by atoms with Crippen molar-refractivity contribution in [3.05, 3.63) is 64.4 Å². The Kier molecular flexibility index (Phi) is 5.66. The average Bonchev–Trinajstić information content (AvgIpc) is 2.51. The normalized spacial score (nSPS) is 11.2. The molecular weight excluding hydrogens is 350 g/mol. The zero-order chi connectivity index (χ0) is 17.7. The maximum Gasteiger partial charge on any atom is 0.422 e. The highest BCUT2D eigenvalue weighted by molar-refractivity contribution is 6.33. The van der Waals surface area contributed by atoms with E-state index >= 15 is 0 Å². The van der Waals surface area contributed by atoms with Crippen LogP contribution in [-0.2, 0) is 6.54 Å². The molecule has 0 unspecified atom stereocenters. The number of rotatable bonds is 5. The highest BCUT2D eigenvalue weighted by Crippen LogP contribution is 2.19. The lowest BCUT2D eigenvalue weighted by molar-refractivity contribution is -0.153. The topological polar surface area (TPSA) is 38.3 Å². The molecule has 128 valence electrons. The van der Waals surface area contributed by atoms with Crippen LogP contribution in [0.1, 0.15) is 15.9 Å². The second-order valence-corrected chi connectivity index (χ2v) is 5.26. The molecule has 2 rings (SSSR count). The van der Waals surface area contributed by atoms with Crippen LogP contribution in [0.25, 0.3) is 0 Å². The molecule has 2 aromatic rings. The fourth-order valence-corrected chi connectivity index (χ4v) is 2.07. The summed E-state index contributed by atoms with van der Waals surface area (Å²) in [5.74, 6) is -0.965. The fourth-order valence-electron chi connectivity index (χ4n) is 1.82. The Morgan fingerprint density at radius 2 is 1.79 bits per heavy atom. The third kappa shape index (κ3) is 5.42. The van der Waals surface area contributed by atoms with Gasteiger partial charge < -0.3 is 10.1 Å². The van der Waals surface area contributed by atoms with Gasteiger partial charge in [-0.15, -0.1) is 0 Å². The van der Waals surface area contributed by atoms with Crippen LogP contribution in [0.4, 0.5) is 17.6 Å². The molecule has 2 aromatic carbocycles. The maximum absolute atomic E-state index is 12.9. The molecule has 0 aliphatic carbocycles. The summed E-state index contributed by atoms with van der Waals surface area (Å²) in [6, 6.07) is 9.21. The van der Waals surface area contributed by atoms with E-state index in [4.69, 9.17) is 11.6 Å². The minimum atomic E-state index is -4.40. The van der Waals surface area contributed by atoms with Gasteiger partial charge >= 0.3 is 6.18 Å². The summed E-state index contributed by atoms with van der Waals surface area (Å²) < 4.78 is 53.6. The molecule has 3 nitrogen and oxygen atoms in total. The number of carbonyl (C=O) groups excluding carboxylic acids is 1. The van der Waals surface area contributed by atoms with Gasteiger partial charge in [0.25, 0.3) is 5.91 Å². The van der Waals surface area contributed by atoms with Gasteiger partial charge in [-0.05, 0) is 35.9 Å². The van der Waals surface area contributed by atoms with Crippen molar-refractivity contribution in [2.24, 2.45) is 0 Å². The van der Waals surface area contributed by atoms with Gasteiger partial charge in [-0.1, -0.05) is 23.7 Å². The van der Waals surface area contributed by atoms with Crippen molar-refractivity contribution in [3.63, 3.8) is 0 Å². The van der Waals surface area contributed by atoms with Crippen molar-refractivity contribution in [2.75, 3.05) is 6.61 Å². The second kappa shape index (κ2) is 7.53. The Hall–Kier alpha value is -2.28. The van der Waals surface area contributed by atoms with Gasteiger partial charge in [0, 0.05) is 6.54 Å². The molecular formula is C16H12ClF4NO2. The quantitative estimate of drug-likeness (QED) is 0.804. The lowest BCUT2D eigenvalue weighted by Crippen LogP contribution is -2.23. The Morgan fingerprint density at radius 3 is 2.38 bits per heavy atom. The van der Waals surface area contributed by atoms with E-state index in [2.05, 4.69) is 10.1 Å². The molecule has 24 heavy (non-hydrogen) atoms. The van der Waals surface area contributed by atoms with Gasteiger partial charge in [0.05, 0.1) is 10.6 Å². The lowest BCUT2D eigenvalue weighted by atomic mass is 10.2. The van der Waals surface area contributed by atoms with E-state index in [0.29, 0.717) is 5.56 Å². The van der Waals surface area contributed by atoms with E-state index in [0.717, 1.165) is 12.1 Å². The minimum absolute atomic E-state index is 0.0107. The van der Waals surface area contributed by atoms with Crippen molar-refractivity contribution < 1.29 is 27.1 Å². The van der Waals surface area contributed by atoms with E-state index in [9.17, 15) is 22.4 Å². The Labute approximate surface area is 140 Å². The zero-order valence-electron chi connectivity index (χ0n) is 12.2. The molecule has 0 heterocycles. The van der Waals surface area contributed by atoms with E-state index in [-0.39, 0.29) is 22.9 Å². The fraction of sp³-hybridized carbons (Fsp3) is 0.188. The van der Waals surface area contributed by atoms with Crippen LogP contribution >= 0.6 is 11.6 Å². The maximum atomic E-state index is 12.9. The molecule has 0 spiro atoms. The number of alkyl halides is 3. The number of benzene rings is 2. The summed E-state index contributed by atoms with van der Waals surface area (Å²) in [4.78, 5) is 12.0. The van der Waals surface area contributed by atoms with E-state index in [1.165, 1.54) is 30.3 Å². The molecule has 0 saturated heterocycles. The SMILES string of the molecule is O=C(NCc1ccc(OCC(F)(F)F)cc1)c1ccc(F)cc1Cl. The molecule has 0 aromatic heterocycles. The van der Waals surface area contributed by atoms with Gasteiger partial charge in [-0.3, -0.25) is 4.79 Å². The molecule has 0 bridgehead atoms. The standard InChI is InChI=1S/C16H12ClF4NO2/c17-14-7-11(18)3-6-13(14)15(23)22-8-10-1-4-12(5-2-10)24-9-16(19,20)21/h1-7H,8-9H2,(H,22,23). The number of hydrogen-bond donors (Lipinski definition) is 1. The monoisotopic (exact) mass is 361 g/mol. The van der Waals surface area contributed by atoms with Crippen LogP contribution in [0.15, 0.2) is 42.5 Å². The molecule has 0 atom stereocenters. The summed E-state index contributed by atoms with van der Waals surface area (Å²) in [7, 11) is 0. The van der Waals surface area contributed by atoms with Crippen LogP contribution in [0.5, 0.6) is 5.75 Å². The van der Waals surface area contributed by atoms with Crippen molar-refractivity contribution in [3.8, 4) is 5.75 Å². The summed E-state index contributed by atoms with van der Waals surface area (Å²) in [5.41, 5.74) is 0.782. The van der Waals surface area contributed by atoms with E-state index in [1.807, 2.05) is 0 Å². The Balaban J connectivity index is 1.91. The van der Waals surface area contributed by atoms with Gasteiger partial charge in [-0.25, -0.2) is 4.39 Å². The van der Waals surface area contributed by atoms with Crippen LogP contribution in [-0.4, -0.2) is 18.7 Å². The highest BCUT2D eigenvalue weighted by Gasteiger charge is 2.28. The van der Waals surface area contributed by atoms with Crippen LogP contribution in [0.3, 0.4) is 0 Å². The van der Waals surface area contributed by atoms with Gasteiger partial charge in [0.1, 0.15) is 11.6 Å². The van der Waals surface area contributed by atoms with Gasteiger partial charge in [0.2, 0.25) is 0 Å². The van der Waals surface area contributed by atoms with E-state index in [1.54, 1.807) is 0 Å². The van der Waals surface area contributed by atoms with Gasteiger partial charge in [-0.2, -0.15) is 13.2 Å². The smallest absolute Gasteiger partial charge is 0.422 e. The first kappa shape index (κ1) is 18.1. The summed E-state index contributed by atoms with van der Waals surface area (Å²) >= 11 is 5.79. The number of amides is 1. The van der Waals surface area contributed by atoms with Crippen molar-refractivity contribution in [2.45, 2.75) is 12.7 Å². The Bertz CT molecular complexity index is 717.